The Hall–Kier alpha value is -4.20. The minimum atomic E-state index is -4.33. The zero-order valence-corrected chi connectivity index (χ0v) is 21.5. The minimum absolute atomic E-state index is 0.0972. The molecule has 4 aromatic rings. The summed E-state index contributed by atoms with van der Waals surface area (Å²) < 4.78 is 64.1. The summed E-state index contributed by atoms with van der Waals surface area (Å²) in [4.78, 5) is 4.43. The van der Waals surface area contributed by atoms with E-state index in [1.54, 1.807) is 30.3 Å². The van der Waals surface area contributed by atoms with Gasteiger partial charge in [-0.05, 0) is 53.6 Å². The number of ether oxygens (including phenoxy) is 1. The molecule has 0 N–H and O–H groups in total. The lowest BCUT2D eigenvalue weighted by molar-refractivity contribution is -0.137. The lowest BCUT2D eigenvalue weighted by Gasteiger charge is -2.34. The van der Waals surface area contributed by atoms with Crippen molar-refractivity contribution in [3.8, 4) is 23.1 Å². The molecule has 3 aromatic carbocycles. The number of aromatic nitrogens is 1. The van der Waals surface area contributed by atoms with Crippen molar-refractivity contribution in [2.75, 3.05) is 26.2 Å². The standard InChI is InChI=1S/C30H26F4N4O2/c31-27-15-24(6-9-28(27)39-20-23-3-1-2-22(14-23)17-35)29-16-26(36-40-29)19-38-12-10-37(11-13-38)18-21-4-7-25(8-5-21)30(32,33)34/h1-9,14-16H,10-13,18-20H2. The summed E-state index contributed by atoms with van der Waals surface area (Å²) in [5, 5.41) is 13.2. The monoisotopic (exact) mass is 550 g/mol. The van der Waals surface area contributed by atoms with Crippen LogP contribution in [-0.2, 0) is 25.9 Å². The minimum Gasteiger partial charge on any atom is -0.486 e. The number of hydrogen-bond acceptors (Lipinski definition) is 6. The van der Waals surface area contributed by atoms with Crippen LogP contribution in [0.15, 0.2) is 77.3 Å². The van der Waals surface area contributed by atoms with Crippen LogP contribution in [0, 0.1) is 17.1 Å². The van der Waals surface area contributed by atoms with Gasteiger partial charge in [0.2, 0.25) is 0 Å². The second-order valence-electron chi connectivity index (χ2n) is 9.68. The van der Waals surface area contributed by atoms with Crippen molar-refractivity contribution in [1.29, 1.82) is 5.26 Å². The van der Waals surface area contributed by atoms with Gasteiger partial charge in [-0.25, -0.2) is 4.39 Å². The second kappa shape index (κ2) is 11.9. The van der Waals surface area contributed by atoms with E-state index < -0.39 is 17.6 Å². The molecule has 206 valence electrons. The largest absolute Gasteiger partial charge is 0.486 e. The van der Waals surface area contributed by atoms with Crippen LogP contribution >= 0.6 is 0 Å². The Labute approximate surface area is 229 Å². The molecule has 0 bridgehead atoms. The summed E-state index contributed by atoms with van der Waals surface area (Å²) >= 11 is 0. The molecule has 2 heterocycles. The van der Waals surface area contributed by atoms with Crippen molar-refractivity contribution < 1.29 is 26.8 Å². The molecule has 0 spiro atoms. The van der Waals surface area contributed by atoms with Crippen molar-refractivity contribution in [2.24, 2.45) is 0 Å². The fourth-order valence-electron chi connectivity index (χ4n) is 4.58. The normalized spacial score (nSPS) is 14.7. The van der Waals surface area contributed by atoms with Gasteiger partial charge in [0.15, 0.2) is 17.3 Å². The maximum absolute atomic E-state index is 14.7. The molecular weight excluding hydrogens is 524 g/mol. The van der Waals surface area contributed by atoms with E-state index in [0.717, 1.165) is 55.1 Å². The number of hydrogen-bond donors (Lipinski definition) is 0. The first-order chi connectivity index (χ1) is 19.3. The van der Waals surface area contributed by atoms with Crippen LogP contribution in [-0.4, -0.2) is 41.1 Å². The highest BCUT2D eigenvalue weighted by Crippen LogP contribution is 2.30. The summed E-state index contributed by atoms with van der Waals surface area (Å²) in [6, 6.07) is 20.7. The molecule has 0 aliphatic carbocycles. The van der Waals surface area contributed by atoms with Gasteiger partial charge in [0.05, 0.1) is 22.9 Å². The summed E-state index contributed by atoms with van der Waals surface area (Å²) in [6.45, 7) is 4.41. The third-order valence-electron chi connectivity index (χ3n) is 6.76. The lowest BCUT2D eigenvalue weighted by atomic mass is 10.1. The molecule has 0 atom stereocenters. The Balaban J connectivity index is 1.11. The molecule has 1 aliphatic rings. The summed E-state index contributed by atoms with van der Waals surface area (Å²) in [5.41, 5.74) is 2.75. The number of rotatable bonds is 8. The molecule has 0 radical (unpaired) electrons. The van der Waals surface area contributed by atoms with Crippen molar-refractivity contribution in [1.82, 2.24) is 15.0 Å². The Bertz CT molecular complexity index is 1490. The number of nitriles is 1. The van der Waals surface area contributed by atoms with E-state index in [-0.39, 0.29) is 12.4 Å². The SMILES string of the molecule is N#Cc1cccc(COc2ccc(-c3cc(CN4CCN(Cc5ccc(C(F)(F)F)cc5)CC4)no3)cc2F)c1. The van der Waals surface area contributed by atoms with E-state index in [2.05, 4.69) is 21.0 Å². The summed E-state index contributed by atoms with van der Waals surface area (Å²) in [5.74, 6) is 0.0131. The fourth-order valence-corrected chi connectivity index (χ4v) is 4.58. The van der Waals surface area contributed by atoms with Crippen LogP contribution in [0.25, 0.3) is 11.3 Å². The Morgan fingerprint density at radius 3 is 2.27 bits per heavy atom. The zero-order valence-electron chi connectivity index (χ0n) is 21.5. The number of piperazine rings is 1. The average Bonchev–Trinajstić information content (AvgIpc) is 3.42. The van der Waals surface area contributed by atoms with Gasteiger partial charge in [0.25, 0.3) is 0 Å². The van der Waals surface area contributed by atoms with Gasteiger partial charge in [-0.2, -0.15) is 18.4 Å². The smallest absolute Gasteiger partial charge is 0.416 e. The van der Waals surface area contributed by atoms with E-state index >= 15 is 0 Å². The summed E-state index contributed by atoms with van der Waals surface area (Å²) in [7, 11) is 0. The molecule has 5 rings (SSSR count). The van der Waals surface area contributed by atoms with Gasteiger partial charge in [-0.15, -0.1) is 0 Å². The molecular formula is C30H26F4N4O2. The Morgan fingerprint density at radius 2 is 1.60 bits per heavy atom. The van der Waals surface area contributed by atoms with Crippen molar-refractivity contribution in [2.45, 2.75) is 25.9 Å². The highest BCUT2D eigenvalue weighted by Gasteiger charge is 2.30. The molecule has 0 unspecified atom stereocenters. The predicted octanol–water partition coefficient (Wildman–Crippen LogP) is 6.27. The van der Waals surface area contributed by atoms with Gasteiger partial charge in [0, 0.05) is 50.9 Å². The maximum Gasteiger partial charge on any atom is 0.416 e. The van der Waals surface area contributed by atoms with E-state index in [9.17, 15) is 17.6 Å². The van der Waals surface area contributed by atoms with Crippen LogP contribution in [0.1, 0.15) is 27.9 Å². The molecule has 6 nitrogen and oxygen atoms in total. The molecule has 1 aromatic heterocycles. The van der Waals surface area contributed by atoms with Crippen molar-refractivity contribution >= 4 is 0 Å². The molecule has 1 saturated heterocycles. The molecule has 0 amide bonds. The second-order valence-corrected chi connectivity index (χ2v) is 9.68. The highest BCUT2D eigenvalue weighted by atomic mass is 19.4. The van der Waals surface area contributed by atoms with Crippen LogP contribution < -0.4 is 4.74 Å². The van der Waals surface area contributed by atoms with Crippen molar-refractivity contribution in [3.05, 3.63) is 107 Å². The first-order valence-electron chi connectivity index (χ1n) is 12.7. The average molecular weight is 551 g/mol. The fraction of sp³-hybridized carbons (Fsp3) is 0.267. The topological polar surface area (TPSA) is 65.5 Å². The van der Waals surface area contributed by atoms with E-state index in [4.69, 9.17) is 14.5 Å². The number of alkyl halides is 3. The number of halogens is 4. The summed E-state index contributed by atoms with van der Waals surface area (Å²) in [6.07, 6.45) is -4.33. The molecule has 1 fully saturated rings. The van der Waals surface area contributed by atoms with Gasteiger partial charge in [-0.3, -0.25) is 9.80 Å². The Kier molecular flexibility index (Phi) is 8.14. The quantitative estimate of drug-likeness (QED) is 0.241. The maximum atomic E-state index is 14.7. The zero-order chi connectivity index (χ0) is 28.1. The van der Waals surface area contributed by atoms with E-state index in [1.165, 1.54) is 24.3 Å². The third kappa shape index (κ3) is 6.86. The van der Waals surface area contributed by atoms with Gasteiger partial charge < -0.3 is 9.26 Å². The molecule has 1 aliphatic heterocycles. The molecule has 0 saturated carbocycles. The van der Waals surface area contributed by atoms with Crippen LogP contribution in [0.4, 0.5) is 17.6 Å². The van der Waals surface area contributed by atoms with Gasteiger partial charge >= 0.3 is 6.18 Å². The van der Waals surface area contributed by atoms with Crippen LogP contribution in [0.3, 0.4) is 0 Å². The first kappa shape index (κ1) is 27.4. The van der Waals surface area contributed by atoms with Gasteiger partial charge in [-0.1, -0.05) is 29.4 Å². The van der Waals surface area contributed by atoms with Crippen LogP contribution in [0.2, 0.25) is 0 Å². The Morgan fingerprint density at radius 1 is 0.875 bits per heavy atom. The molecule has 10 heteroatoms. The van der Waals surface area contributed by atoms with E-state index in [1.807, 2.05) is 6.07 Å². The highest BCUT2D eigenvalue weighted by molar-refractivity contribution is 5.59. The van der Waals surface area contributed by atoms with Crippen molar-refractivity contribution in [3.63, 3.8) is 0 Å². The predicted molar refractivity (Wildman–Crippen MR) is 139 cm³/mol. The number of nitrogens with zero attached hydrogens (tertiary/aromatic N) is 4. The third-order valence-corrected chi connectivity index (χ3v) is 6.76. The number of benzene rings is 3. The first-order valence-corrected chi connectivity index (χ1v) is 12.7. The van der Waals surface area contributed by atoms with Gasteiger partial charge in [0.1, 0.15) is 6.61 Å². The molecule has 40 heavy (non-hydrogen) atoms. The lowest BCUT2D eigenvalue weighted by Crippen LogP contribution is -2.45. The van der Waals surface area contributed by atoms with E-state index in [0.29, 0.717) is 30.0 Å². The van der Waals surface area contributed by atoms with Crippen LogP contribution in [0.5, 0.6) is 5.75 Å².